The van der Waals surface area contributed by atoms with Crippen LogP contribution in [-0.4, -0.2) is 24.3 Å². The van der Waals surface area contributed by atoms with E-state index in [0.29, 0.717) is 0 Å². The molecule has 2 N–H and O–H groups in total. The van der Waals surface area contributed by atoms with E-state index in [-0.39, 0.29) is 0 Å². The zero-order valence-electron chi connectivity index (χ0n) is 5.24. The summed E-state index contributed by atoms with van der Waals surface area (Å²) in [4.78, 5) is 10.2. The third kappa shape index (κ3) is 3.28. The number of hydrogen-bond acceptors (Lipinski definition) is 2. The van der Waals surface area contributed by atoms with Gasteiger partial charge in [0.1, 0.15) is 0 Å². The molecular weight excluding hydrogens is 118 g/mol. The first-order chi connectivity index (χ1) is 4.18. The van der Waals surface area contributed by atoms with Crippen LogP contribution in [0.25, 0.3) is 0 Å². The van der Waals surface area contributed by atoms with E-state index in [4.69, 9.17) is 5.73 Å². The van der Waals surface area contributed by atoms with E-state index in [1.54, 1.807) is 0 Å². The maximum absolute atomic E-state index is 10.2. The fourth-order valence-corrected chi connectivity index (χ4v) is 0.204. The number of carbonyl (C=O) groups is 1. The number of urea groups is 1. The second-order valence-electron chi connectivity index (χ2n) is 1.36. The lowest BCUT2D eigenvalue weighted by molar-refractivity contribution is 0.220. The number of hydrogen-bond donors (Lipinski definition) is 1. The summed E-state index contributed by atoms with van der Waals surface area (Å²) in [5.74, 6) is 0. The van der Waals surface area contributed by atoms with Crippen molar-refractivity contribution in [3.63, 3.8) is 0 Å². The predicted molar refractivity (Wildman–Crippen MR) is 36.0 cm³/mol. The zero-order valence-corrected chi connectivity index (χ0v) is 5.24. The van der Waals surface area contributed by atoms with Crippen molar-refractivity contribution in [2.24, 2.45) is 10.8 Å². The Kier molecular flexibility index (Phi) is 3.12. The number of hydrazone groups is 1. The van der Waals surface area contributed by atoms with Crippen LogP contribution in [0.15, 0.2) is 17.8 Å². The van der Waals surface area contributed by atoms with Crippen molar-refractivity contribution in [2.75, 3.05) is 7.05 Å². The maximum Gasteiger partial charge on any atom is 0.334 e. The minimum absolute atomic E-state index is 0.590. The fourth-order valence-electron chi connectivity index (χ4n) is 0.204. The van der Waals surface area contributed by atoms with Gasteiger partial charge in [0.15, 0.2) is 0 Å². The average Bonchev–Trinajstić information content (AvgIpc) is 1.82. The summed E-state index contributed by atoms with van der Waals surface area (Å²) < 4.78 is 0. The van der Waals surface area contributed by atoms with Gasteiger partial charge < -0.3 is 5.73 Å². The van der Waals surface area contributed by atoms with Crippen molar-refractivity contribution in [1.82, 2.24) is 5.01 Å². The summed E-state index contributed by atoms with van der Waals surface area (Å²) in [5.41, 5.74) is 4.82. The molecule has 0 saturated carbocycles. The van der Waals surface area contributed by atoms with E-state index in [9.17, 15) is 4.79 Å². The van der Waals surface area contributed by atoms with Gasteiger partial charge >= 0.3 is 6.03 Å². The van der Waals surface area contributed by atoms with Gasteiger partial charge in [0.25, 0.3) is 0 Å². The maximum atomic E-state index is 10.2. The van der Waals surface area contributed by atoms with Gasteiger partial charge in [-0.3, -0.25) is 0 Å². The van der Waals surface area contributed by atoms with Gasteiger partial charge in [-0.05, 0) is 6.08 Å². The number of allylic oxidation sites excluding steroid dienone is 1. The number of amides is 2. The third-order valence-electron chi connectivity index (χ3n) is 0.664. The lowest BCUT2D eigenvalue weighted by Crippen LogP contribution is -2.27. The molecule has 50 valence electrons. The molecule has 0 rings (SSSR count). The lowest BCUT2D eigenvalue weighted by atomic mass is 10.7. The summed E-state index contributed by atoms with van der Waals surface area (Å²) in [6, 6.07) is -0.590. The molecule has 0 unspecified atom stereocenters. The SMILES string of the molecule is C=CC=NN(C)C(N)=O. The van der Waals surface area contributed by atoms with Gasteiger partial charge in [0.05, 0.1) is 0 Å². The van der Waals surface area contributed by atoms with E-state index in [1.165, 1.54) is 19.3 Å². The normalized spacial score (nSPS) is 9.44. The van der Waals surface area contributed by atoms with Crippen molar-refractivity contribution < 1.29 is 4.79 Å². The van der Waals surface area contributed by atoms with Crippen LogP contribution in [0.5, 0.6) is 0 Å². The Morgan fingerprint density at radius 3 is 2.78 bits per heavy atom. The van der Waals surface area contributed by atoms with Crippen molar-refractivity contribution in [1.29, 1.82) is 0 Å². The molecule has 0 aliphatic rings. The van der Waals surface area contributed by atoms with Crippen LogP contribution in [0.2, 0.25) is 0 Å². The topological polar surface area (TPSA) is 58.7 Å². The lowest BCUT2D eigenvalue weighted by Gasteiger charge is -2.03. The molecule has 2 amide bonds. The highest BCUT2D eigenvalue weighted by molar-refractivity contribution is 5.75. The first-order valence-electron chi connectivity index (χ1n) is 2.36. The number of carbonyl (C=O) groups excluding carboxylic acids is 1. The Morgan fingerprint density at radius 1 is 1.89 bits per heavy atom. The first-order valence-corrected chi connectivity index (χ1v) is 2.36. The summed E-state index contributed by atoms with van der Waals surface area (Å²) in [5, 5.41) is 4.57. The van der Waals surface area contributed by atoms with Crippen LogP contribution in [-0.2, 0) is 0 Å². The molecule has 0 aromatic heterocycles. The number of nitrogens with two attached hydrogens (primary N) is 1. The van der Waals surface area contributed by atoms with Gasteiger partial charge in [0.2, 0.25) is 0 Å². The van der Waals surface area contributed by atoms with Gasteiger partial charge in [0, 0.05) is 13.3 Å². The zero-order chi connectivity index (χ0) is 7.28. The van der Waals surface area contributed by atoms with Gasteiger partial charge in [-0.15, -0.1) is 0 Å². The largest absolute Gasteiger partial charge is 0.350 e. The number of primary amides is 1. The minimum atomic E-state index is -0.590. The highest BCUT2D eigenvalue weighted by atomic mass is 16.2. The molecule has 0 bridgehead atoms. The summed E-state index contributed by atoms with van der Waals surface area (Å²) >= 11 is 0. The molecule has 0 radical (unpaired) electrons. The predicted octanol–water partition coefficient (Wildman–Crippen LogP) is 0.169. The molecule has 0 heterocycles. The molecule has 0 aromatic carbocycles. The molecule has 0 aromatic rings. The van der Waals surface area contributed by atoms with E-state index in [0.717, 1.165) is 5.01 Å². The Hall–Kier alpha value is -1.32. The van der Waals surface area contributed by atoms with Crippen LogP contribution in [0.3, 0.4) is 0 Å². The van der Waals surface area contributed by atoms with Gasteiger partial charge in [-0.1, -0.05) is 6.58 Å². The summed E-state index contributed by atoms with van der Waals surface area (Å²) in [6.07, 6.45) is 2.84. The van der Waals surface area contributed by atoms with E-state index >= 15 is 0 Å². The van der Waals surface area contributed by atoms with Gasteiger partial charge in [-0.2, -0.15) is 5.10 Å². The highest BCUT2D eigenvalue weighted by Crippen LogP contribution is 1.78. The monoisotopic (exact) mass is 127 g/mol. The van der Waals surface area contributed by atoms with Crippen molar-refractivity contribution in [3.05, 3.63) is 12.7 Å². The Morgan fingerprint density at radius 2 is 2.44 bits per heavy atom. The van der Waals surface area contributed by atoms with Crippen LogP contribution in [0, 0.1) is 0 Å². The van der Waals surface area contributed by atoms with E-state index < -0.39 is 6.03 Å². The Bertz CT molecular complexity index is 141. The molecule has 0 spiro atoms. The van der Waals surface area contributed by atoms with E-state index in [1.807, 2.05) is 0 Å². The summed E-state index contributed by atoms with van der Waals surface area (Å²) in [7, 11) is 1.46. The van der Waals surface area contributed by atoms with Crippen LogP contribution >= 0.6 is 0 Å². The van der Waals surface area contributed by atoms with Crippen molar-refractivity contribution in [3.8, 4) is 0 Å². The van der Waals surface area contributed by atoms with Gasteiger partial charge in [-0.25, -0.2) is 9.80 Å². The Labute approximate surface area is 53.6 Å². The molecule has 0 saturated heterocycles. The van der Waals surface area contributed by atoms with Crippen molar-refractivity contribution >= 4 is 12.2 Å². The molecule has 0 atom stereocenters. The molecule has 4 heteroatoms. The summed E-state index contributed by atoms with van der Waals surface area (Å²) in [6.45, 7) is 3.36. The molecule has 0 fully saturated rings. The number of nitrogens with zero attached hydrogens (tertiary/aromatic N) is 2. The average molecular weight is 127 g/mol. The second kappa shape index (κ2) is 3.65. The van der Waals surface area contributed by atoms with Crippen molar-refractivity contribution in [2.45, 2.75) is 0 Å². The Balaban J connectivity index is 3.75. The highest BCUT2D eigenvalue weighted by Gasteiger charge is 1.94. The molecule has 0 aliphatic heterocycles. The molecule has 0 aliphatic carbocycles. The first kappa shape index (κ1) is 7.68. The van der Waals surface area contributed by atoms with E-state index in [2.05, 4.69) is 11.7 Å². The van der Waals surface area contributed by atoms with Crippen LogP contribution in [0.1, 0.15) is 0 Å². The molecule has 9 heavy (non-hydrogen) atoms. The minimum Gasteiger partial charge on any atom is -0.350 e. The smallest absolute Gasteiger partial charge is 0.334 e. The van der Waals surface area contributed by atoms with Crippen LogP contribution < -0.4 is 5.73 Å². The second-order valence-corrected chi connectivity index (χ2v) is 1.36. The fraction of sp³-hybridized carbons (Fsp3) is 0.200. The molecular formula is C5H9N3O. The van der Waals surface area contributed by atoms with Crippen LogP contribution in [0.4, 0.5) is 4.79 Å². The standard InChI is InChI=1S/C5H9N3O/c1-3-4-7-8(2)5(6)9/h3-4H,1H2,2H3,(H2,6,9). The quantitative estimate of drug-likeness (QED) is 0.417. The third-order valence-corrected chi connectivity index (χ3v) is 0.664. The molecule has 4 nitrogen and oxygen atoms in total. The number of rotatable bonds is 2.